The third-order valence-corrected chi connectivity index (χ3v) is 7.61. The van der Waals surface area contributed by atoms with Crippen LogP contribution in [0.2, 0.25) is 0 Å². The lowest BCUT2D eigenvalue weighted by atomic mass is 9.54. The summed E-state index contributed by atoms with van der Waals surface area (Å²) in [6, 6.07) is 5.55. The van der Waals surface area contributed by atoms with Crippen molar-refractivity contribution in [1.82, 2.24) is 0 Å². The first-order valence-electron chi connectivity index (χ1n) is 8.87. The van der Waals surface area contributed by atoms with Crippen LogP contribution >= 0.6 is 0 Å². The van der Waals surface area contributed by atoms with Crippen LogP contribution < -0.4 is 0 Å². The summed E-state index contributed by atoms with van der Waals surface area (Å²) < 4.78 is 0. The Hall–Kier alpha value is -1.78. The van der Waals surface area contributed by atoms with Gasteiger partial charge in [0.15, 0.2) is 5.76 Å². The lowest BCUT2D eigenvalue weighted by molar-refractivity contribution is -0.153. The average Bonchev–Trinajstić information content (AvgIpc) is 2.93. The summed E-state index contributed by atoms with van der Waals surface area (Å²) in [5, 5.41) is 40.8. The largest absolute Gasteiger partial charge is 0.508 e. The Morgan fingerprint density at radius 1 is 1.00 bits per heavy atom. The molecule has 1 aromatic carbocycles. The molecule has 4 rings (SSSR count). The number of phenols is 1. The Bertz CT molecular complexity index is 841. The normalized spacial score (nSPS) is 31.0. The molecule has 1 unspecified atom stereocenters. The second-order valence-corrected chi connectivity index (χ2v) is 8.91. The van der Waals surface area contributed by atoms with E-state index < -0.39 is 11.5 Å². The van der Waals surface area contributed by atoms with Crippen molar-refractivity contribution >= 4 is 0 Å². The maximum absolute atomic E-state index is 10.2. The van der Waals surface area contributed by atoms with Gasteiger partial charge in [-0.1, -0.05) is 39.3 Å². The van der Waals surface area contributed by atoms with Crippen LogP contribution in [0, 0.1) is 10.8 Å². The second kappa shape index (κ2) is 4.49. The lowest BCUT2D eigenvalue weighted by Crippen LogP contribution is -2.45. The zero-order chi connectivity index (χ0) is 18.4. The van der Waals surface area contributed by atoms with Crippen molar-refractivity contribution in [3.8, 4) is 5.75 Å². The molecule has 0 aliphatic heterocycles. The van der Waals surface area contributed by atoms with E-state index in [0.717, 1.165) is 29.6 Å². The molecule has 4 N–H and O–H groups in total. The summed E-state index contributed by atoms with van der Waals surface area (Å²) in [6.45, 7) is 8.71. The van der Waals surface area contributed by atoms with Gasteiger partial charge in [0.05, 0.1) is 0 Å². The zero-order valence-electron chi connectivity index (χ0n) is 15.2. The third-order valence-electron chi connectivity index (χ3n) is 7.61. The smallest absolute Gasteiger partial charge is 0.226 e. The van der Waals surface area contributed by atoms with Gasteiger partial charge in [-0.25, -0.2) is 0 Å². The van der Waals surface area contributed by atoms with Crippen molar-refractivity contribution in [3.63, 3.8) is 0 Å². The number of aromatic hydroxyl groups is 1. The highest BCUT2D eigenvalue weighted by Gasteiger charge is 2.66. The first-order chi connectivity index (χ1) is 11.4. The highest BCUT2D eigenvalue weighted by Crippen LogP contribution is 2.71. The first kappa shape index (κ1) is 16.7. The number of aryl methyl sites for hydroxylation is 1. The quantitative estimate of drug-likeness (QED) is 0.544. The highest BCUT2D eigenvalue weighted by atomic mass is 16.5. The molecule has 0 saturated carbocycles. The molecule has 25 heavy (non-hydrogen) atoms. The fourth-order valence-electron chi connectivity index (χ4n) is 5.52. The molecule has 1 aromatic rings. The van der Waals surface area contributed by atoms with Crippen LogP contribution in [0.4, 0.5) is 0 Å². The minimum atomic E-state index is -2.21. The maximum Gasteiger partial charge on any atom is 0.226 e. The summed E-state index contributed by atoms with van der Waals surface area (Å²) >= 11 is 0. The average molecular weight is 342 g/mol. The number of benzene rings is 1. The molecule has 134 valence electrons. The van der Waals surface area contributed by atoms with Crippen LogP contribution in [-0.2, 0) is 11.8 Å². The van der Waals surface area contributed by atoms with Gasteiger partial charge in [0.2, 0.25) is 5.79 Å². The lowest BCUT2D eigenvalue weighted by Gasteiger charge is -2.48. The van der Waals surface area contributed by atoms with Crippen LogP contribution in [0.5, 0.6) is 5.75 Å². The van der Waals surface area contributed by atoms with E-state index in [-0.39, 0.29) is 28.4 Å². The predicted octanol–water partition coefficient (Wildman–Crippen LogP) is 3.47. The van der Waals surface area contributed by atoms with E-state index >= 15 is 0 Å². The van der Waals surface area contributed by atoms with Crippen molar-refractivity contribution < 1.29 is 20.4 Å². The number of fused-ring (bicyclic) bond motifs is 3. The van der Waals surface area contributed by atoms with E-state index in [1.54, 1.807) is 12.1 Å². The van der Waals surface area contributed by atoms with E-state index in [0.29, 0.717) is 0 Å². The minimum absolute atomic E-state index is 0.0109. The summed E-state index contributed by atoms with van der Waals surface area (Å²) in [6.07, 6.45) is 3.37. The topological polar surface area (TPSA) is 80.9 Å². The van der Waals surface area contributed by atoms with Gasteiger partial charge in [-0.05, 0) is 58.6 Å². The molecule has 1 spiro atoms. The first-order valence-corrected chi connectivity index (χ1v) is 8.87. The molecule has 3 aliphatic carbocycles. The molecule has 1 atom stereocenters. The fraction of sp³-hybridized carbons (Fsp3) is 0.524. The van der Waals surface area contributed by atoms with Gasteiger partial charge >= 0.3 is 0 Å². The van der Waals surface area contributed by atoms with Crippen molar-refractivity contribution in [2.75, 3.05) is 0 Å². The molecule has 4 heteroatoms. The molecule has 0 aromatic heterocycles. The Balaban J connectivity index is 2.05. The molecule has 0 heterocycles. The number of rotatable bonds is 0. The zero-order valence-corrected chi connectivity index (χ0v) is 15.2. The Labute approximate surface area is 148 Å². The number of aliphatic hydroxyl groups is 3. The fourth-order valence-corrected chi connectivity index (χ4v) is 5.52. The number of hydrogen-bond acceptors (Lipinski definition) is 4. The van der Waals surface area contributed by atoms with Crippen LogP contribution in [-0.4, -0.2) is 26.2 Å². The molecule has 0 saturated heterocycles. The van der Waals surface area contributed by atoms with Crippen molar-refractivity contribution in [3.05, 3.63) is 52.3 Å². The summed E-state index contributed by atoms with van der Waals surface area (Å²) in [7, 11) is 0. The number of phenolic OH excluding ortho intramolecular Hbond substituents is 1. The molecule has 0 fully saturated rings. The highest BCUT2D eigenvalue weighted by molar-refractivity contribution is 5.62. The Kier molecular flexibility index (Phi) is 2.99. The maximum atomic E-state index is 10.2. The molecule has 0 bridgehead atoms. The molecule has 4 nitrogen and oxygen atoms in total. The number of hydrogen-bond donors (Lipinski definition) is 4. The molecular weight excluding hydrogens is 316 g/mol. The van der Waals surface area contributed by atoms with Crippen LogP contribution in [0.25, 0.3) is 0 Å². The van der Waals surface area contributed by atoms with Crippen LogP contribution in [0.15, 0.2) is 41.2 Å². The standard InChI is InChI=1S/C21H26O4/c1-18(2)16-11-21(24,25)17(23)10-15(16)20(19(18,3)4)8-7-12-5-6-13(22)9-14(12)20/h5-6,9-10,22-25H,7-8,11H2,1-4H3. The van der Waals surface area contributed by atoms with Crippen molar-refractivity contribution in [2.45, 2.75) is 58.2 Å². The number of aliphatic hydroxyl groups excluding tert-OH is 1. The molecule has 0 radical (unpaired) electrons. The SMILES string of the molecule is CC1(C)C2=C(C=C(O)C(O)(O)C2)C2(CCc3ccc(O)cc32)C1(C)C. The van der Waals surface area contributed by atoms with Gasteiger partial charge in [-0.2, -0.15) is 0 Å². The predicted molar refractivity (Wildman–Crippen MR) is 95.2 cm³/mol. The van der Waals surface area contributed by atoms with E-state index in [2.05, 4.69) is 27.7 Å². The van der Waals surface area contributed by atoms with E-state index in [1.807, 2.05) is 12.1 Å². The van der Waals surface area contributed by atoms with Gasteiger partial charge < -0.3 is 20.4 Å². The summed E-state index contributed by atoms with van der Waals surface area (Å²) in [5.41, 5.74) is 3.42. The van der Waals surface area contributed by atoms with E-state index in [1.165, 1.54) is 5.56 Å². The van der Waals surface area contributed by atoms with Crippen molar-refractivity contribution in [1.29, 1.82) is 0 Å². The van der Waals surface area contributed by atoms with E-state index in [9.17, 15) is 20.4 Å². The summed E-state index contributed by atoms with van der Waals surface area (Å²) in [4.78, 5) is 0. The number of allylic oxidation sites excluding steroid dienone is 2. The van der Waals surface area contributed by atoms with Crippen LogP contribution in [0.3, 0.4) is 0 Å². The van der Waals surface area contributed by atoms with Crippen LogP contribution in [0.1, 0.15) is 51.7 Å². The summed E-state index contributed by atoms with van der Waals surface area (Å²) in [5.74, 6) is -2.36. The minimum Gasteiger partial charge on any atom is -0.508 e. The third kappa shape index (κ3) is 1.74. The van der Waals surface area contributed by atoms with E-state index in [4.69, 9.17) is 0 Å². The Morgan fingerprint density at radius 2 is 1.68 bits per heavy atom. The molecule has 0 amide bonds. The van der Waals surface area contributed by atoms with Gasteiger partial charge in [-0.3, -0.25) is 0 Å². The van der Waals surface area contributed by atoms with Gasteiger partial charge in [-0.15, -0.1) is 0 Å². The second-order valence-electron chi connectivity index (χ2n) is 8.91. The van der Waals surface area contributed by atoms with Gasteiger partial charge in [0.25, 0.3) is 0 Å². The van der Waals surface area contributed by atoms with Crippen molar-refractivity contribution in [2.24, 2.45) is 10.8 Å². The molecule has 3 aliphatic rings. The van der Waals surface area contributed by atoms with Gasteiger partial charge in [0.1, 0.15) is 5.75 Å². The Morgan fingerprint density at radius 3 is 2.36 bits per heavy atom. The van der Waals surface area contributed by atoms with Gasteiger partial charge in [0, 0.05) is 11.8 Å². The molecular formula is C21H26O4. The monoisotopic (exact) mass is 342 g/mol.